The molecule has 3 rings (SSSR count). The molecule has 2 fully saturated rings. The molecule has 2 aliphatic heterocycles. The van der Waals surface area contributed by atoms with Gasteiger partial charge in [-0.1, -0.05) is 20.8 Å². The molecule has 0 aromatic carbocycles. The quantitative estimate of drug-likeness (QED) is 0.822. The van der Waals surface area contributed by atoms with Gasteiger partial charge in [0.1, 0.15) is 21.7 Å². The average Bonchev–Trinajstić information content (AvgIpc) is 2.46. The number of hydrogen-bond acceptors (Lipinski definition) is 5. The van der Waals surface area contributed by atoms with Gasteiger partial charge in [-0.05, 0) is 41.7 Å². The van der Waals surface area contributed by atoms with Gasteiger partial charge in [0.15, 0.2) is 0 Å². The van der Waals surface area contributed by atoms with Gasteiger partial charge in [0.25, 0.3) is 0 Å². The van der Waals surface area contributed by atoms with Crippen molar-refractivity contribution in [2.24, 2.45) is 11.8 Å². The first-order valence-electron chi connectivity index (χ1n) is 8.55. The van der Waals surface area contributed by atoms with Crippen LogP contribution in [-0.4, -0.2) is 38.0 Å². The summed E-state index contributed by atoms with van der Waals surface area (Å²) >= 11 is 0. The summed E-state index contributed by atoms with van der Waals surface area (Å²) in [7, 11) is -2.80. The Labute approximate surface area is 144 Å². The molecule has 130 valence electrons. The topological polar surface area (TPSA) is 74.1 Å². The molecule has 0 unspecified atom stereocenters. The number of sulfone groups is 1. The average molecular weight is 347 g/mol. The largest absolute Gasteiger partial charge is 0.355 e. The molecule has 0 saturated carbocycles. The highest BCUT2D eigenvalue weighted by Crippen LogP contribution is 2.36. The van der Waals surface area contributed by atoms with E-state index in [2.05, 4.69) is 36.7 Å². The molecule has 1 aromatic rings. The number of pyridine rings is 1. The lowest BCUT2D eigenvalue weighted by Crippen LogP contribution is -2.52. The molecular formula is C18H25N3O2S. The van der Waals surface area contributed by atoms with E-state index >= 15 is 0 Å². The van der Waals surface area contributed by atoms with Crippen LogP contribution in [0.15, 0.2) is 12.3 Å². The van der Waals surface area contributed by atoms with Gasteiger partial charge in [-0.2, -0.15) is 5.26 Å². The third-order valence-corrected chi connectivity index (χ3v) is 7.04. The van der Waals surface area contributed by atoms with Crippen LogP contribution >= 0.6 is 0 Å². The minimum Gasteiger partial charge on any atom is -0.355 e. The number of aromatic nitrogens is 1. The first-order chi connectivity index (χ1) is 11.2. The van der Waals surface area contributed by atoms with Crippen LogP contribution in [0, 0.1) is 23.2 Å². The molecule has 0 aliphatic carbocycles. The number of anilines is 1. The van der Waals surface area contributed by atoms with Gasteiger partial charge in [0.2, 0.25) is 0 Å². The highest BCUT2D eigenvalue weighted by atomic mass is 32.2. The Morgan fingerprint density at radius 2 is 1.83 bits per heavy atom. The fraction of sp³-hybridized carbons (Fsp3) is 0.667. The lowest BCUT2D eigenvalue weighted by atomic mass is 9.81. The van der Waals surface area contributed by atoms with Crippen LogP contribution in [0.4, 0.5) is 5.82 Å². The Morgan fingerprint density at radius 1 is 1.21 bits per heavy atom. The Morgan fingerprint density at radius 3 is 2.38 bits per heavy atom. The van der Waals surface area contributed by atoms with Gasteiger partial charge < -0.3 is 4.90 Å². The summed E-state index contributed by atoms with van der Waals surface area (Å²) in [5, 5.41) is 9.47. The van der Waals surface area contributed by atoms with E-state index in [1.807, 2.05) is 12.3 Å². The molecule has 2 saturated heterocycles. The molecular weight excluding hydrogens is 322 g/mol. The Kier molecular flexibility index (Phi) is 4.33. The van der Waals surface area contributed by atoms with Crippen LogP contribution < -0.4 is 4.90 Å². The molecule has 0 N–H and O–H groups in total. The second kappa shape index (κ2) is 6.03. The second-order valence-electron chi connectivity index (χ2n) is 8.11. The molecule has 0 spiro atoms. The van der Waals surface area contributed by atoms with Crippen molar-refractivity contribution in [2.75, 3.05) is 29.5 Å². The van der Waals surface area contributed by atoms with E-state index in [4.69, 9.17) is 0 Å². The zero-order chi connectivity index (χ0) is 17.5. The standard InChI is InChI=1S/C18H25N3O2S/c1-18(2,3)16-8-14(9-19)17(20-10-16)21-11-15(12-21)13-4-6-24(22,23)7-5-13/h8,10,13,15H,4-7,11-12H2,1-3H3. The van der Waals surface area contributed by atoms with E-state index in [0.717, 1.165) is 37.3 Å². The number of rotatable bonds is 2. The van der Waals surface area contributed by atoms with Gasteiger partial charge in [-0.3, -0.25) is 0 Å². The summed E-state index contributed by atoms with van der Waals surface area (Å²) in [5.74, 6) is 2.44. The minimum atomic E-state index is -2.80. The minimum absolute atomic E-state index is 0.0256. The van der Waals surface area contributed by atoms with Crippen molar-refractivity contribution in [3.8, 4) is 6.07 Å². The van der Waals surface area contributed by atoms with Crippen LogP contribution in [0.1, 0.15) is 44.7 Å². The lowest BCUT2D eigenvalue weighted by Gasteiger charge is -2.45. The van der Waals surface area contributed by atoms with Crippen LogP contribution in [-0.2, 0) is 15.3 Å². The van der Waals surface area contributed by atoms with Crippen LogP contribution in [0.25, 0.3) is 0 Å². The molecule has 5 nitrogen and oxygen atoms in total. The first kappa shape index (κ1) is 17.2. The van der Waals surface area contributed by atoms with Gasteiger partial charge in [0, 0.05) is 19.3 Å². The third-order valence-electron chi connectivity index (χ3n) is 5.33. The van der Waals surface area contributed by atoms with Crippen molar-refractivity contribution in [3.63, 3.8) is 0 Å². The maximum atomic E-state index is 11.6. The predicted octanol–water partition coefficient (Wildman–Crippen LogP) is 2.51. The fourth-order valence-electron chi connectivity index (χ4n) is 3.57. The summed E-state index contributed by atoms with van der Waals surface area (Å²) in [4.78, 5) is 6.70. The SMILES string of the molecule is CC(C)(C)c1cnc(N2CC(C3CCS(=O)(=O)CC3)C2)c(C#N)c1. The highest BCUT2D eigenvalue weighted by Gasteiger charge is 2.38. The molecule has 0 bridgehead atoms. The van der Waals surface area contributed by atoms with E-state index in [0.29, 0.717) is 28.9 Å². The molecule has 0 radical (unpaired) electrons. The van der Waals surface area contributed by atoms with E-state index in [1.54, 1.807) is 0 Å². The fourth-order valence-corrected chi connectivity index (χ4v) is 5.09. The molecule has 24 heavy (non-hydrogen) atoms. The zero-order valence-corrected chi connectivity index (χ0v) is 15.4. The maximum absolute atomic E-state index is 11.6. The molecule has 0 amide bonds. The normalized spacial score (nSPS) is 22.0. The van der Waals surface area contributed by atoms with Crippen molar-refractivity contribution in [3.05, 3.63) is 23.4 Å². The summed E-state index contributed by atoms with van der Waals surface area (Å²) in [6, 6.07) is 4.23. The molecule has 1 aromatic heterocycles. The van der Waals surface area contributed by atoms with Crippen molar-refractivity contribution < 1.29 is 8.42 Å². The number of nitriles is 1. The summed E-state index contributed by atoms with van der Waals surface area (Å²) in [5.41, 5.74) is 1.67. The van der Waals surface area contributed by atoms with E-state index in [9.17, 15) is 13.7 Å². The highest BCUT2D eigenvalue weighted by molar-refractivity contribution is 7.91. The Balaban J connectivity index is 1.67. The lowest BCUT2D eigenvalue weighted by molar-refractivity contribution is 0.252. The summed E-state index contributed by atoms with van der Waals surface area (Å²) < 4.78 is 23.1. The van der Waals surface area contributed by atoms with Gasteiger partial charge in [-0.15, -0.1) is 0 Å². The number of nitrogens with zero attached hydrogens (tertiary/aromatic N) is 3. The predicted molar refractivity (Wildman–Crippen MR) is 94.7 cm³/mol. The van der Waals surface area contributed by atoms with E-state index < -0.39 is 9.84 Å². The Bertz CT molecular complexity index is 754. The molecule has 3 heterocycles. The molecule has 6 heteroatoms. The second-order valence-corrected chi connectivity index (χ2v) is 10.4. The smallest absolute Gasteiger partial charge is 0.150 e. The molecule has 2 aliphatic rings. The van der Waals surface area contributed by atoms with E-state index in [-0.39, 0.29) is 5.41 Å². The number of hydrogen-bond donors (Lipinski definition) is 0. The van der Waals surface area contributed by atoms with Gasteiger partial charge in [-0.25, -0.2) is 13.4 Å². The van der Waals surface area contributed by atoms with Crippen molar-refractivity contribution in [2.45, 2.75) is 39.0 Å². The monoisotopic (exact) mass is 347 g/mol. The maximum Gasteiger partial charge on any atom is 0.150 e. The van der Waals surface area contributed by atoms with Crippen LogP contribution in [0.3, 0.4) is 0 Å². The van der Waals surface area contributed by atoms with Crippen LogP contribution in [0.2, 0.25) is 0 Å². The van der Waals surface area contributed by atoms with E-state index in [1.165, 1.54) is 0 Å². The zero-order valence-electron chi connectivity index (χ0n) is 14.6. The van der Waals surface area contributed by atoms with Crippen molar-refractivity contribution in [1.29, 1.82) is 5.26 Å². The van der Waals surface area contributed by atoms with Gasteiger partial charge in [0.05, 0.1) is 17.1 Å². The first-order valence-corrected chi connectivity index (χ1v) is 10.4. The summed E-state index contributed by atoms with van der Waals surface area (Å²) in [6.45, 7) is 8.09. The Hall–Kier alpha value is -1.61. The van der Waals surface area contributed by atoms with Crippen molar-refractivity contribution >= 4 is 15.7 Å². The van der Waals surface area contributed by atoms with Crippen LogP contribution in [0.5, 0.6) is 0 Å². The third kappa shape index (κ3) is 3.41. The summed E-state index contributed by atoms with van der Waals surface area (Å²) in [6.07, 6.45) is 3.43. The van der Waals surface area contributed by atoms with Gasteiger partial charge >= 0.3 is 0 Å². The molecule has 0 atom stereocenters. The van der Waals surface area contributed by atoms with Crippen molar-refractivity contribution in [1.82, 2.24) is 4.98 Å².